The average molecular weight is 604 g/mol. The number of halogens is 2. The van der Waals surface area contributed by atoms with E-state index in [9.17, 15) is 23.6 Å². The summed E-state index contributed by atoms with van der Waals surface area (Å²) in [4.78, 5) is 57.6. The summed E-state index contributed by atoms with van der Waals surface area (Å²) in [6.45, 7) is -0.336. The third-order valence-corrected chi connectivity index (χ3v) is 8.34. The normalized spacial score (nSPS) is 19.0. The first kappa shape index (κ1) is 28.3. The van der Waals surface area contributed by atoms with Gasteiger partial charge in [0, 0.05) is 35.4 Å². The third-order valence-electron chi connectivity index (χ3n) is 8.05. The first-order valence-corrected chi connectivity index (χ1v) is 14.1. The zero-order valence-corrected chi connectivity index (χ0v) is 23.6. The fraction of sp³-hybridized carbons (Fsp3) is 0.267. The molecule has 4 amide bonds. The van der Waals surface area contributed by atoms with Crippen LogP contribution in [0.15, 0.2) is 60.8 Å². The lowest BCUT2D eigenvalue weighted by atomic mass is 9.97. The molecular weight excluding hydrogens is 577 g/mol. The Bertz CT molecular complexity index is 1760. The molecule has 2 bridgehead atoms. The molecule has 3 atom stereocenters. The monoisotopic (exact) mass is 603 g/mol. The van der Waals surface area contributed by atoms with Gasteiger partial charge in [-0.05, 0) is 61.6 Å². The lowest BCUT2D eigenvalue weighted by molar-refractivity contribution is -0.143. The summed E-state index contributed by atoms with van der Waals surface area (Å²) in [6, 6.07) is 13.5. The van der Waals surface area contributed by atoms with Crippen molar-refractivity contribution in [2.45, 2.75) is 44.4 Å². The van der Waals surface area contributed by atoms with Crippen molar-refractivity contribution in [1.29, 1.82) is 0 Å². The minimum atomic E-state index is -0.771. The number of hydrogen-bond acceptors (Lipinski definition) is 6. The Labute approximate surface area is 250 Å². The summed E-state index contributed by atoms with van der Waals surface area (Å²) in [5.74, 6) is -2.56. The molecule has 1 aliphatic heterocycles. The summed E-state index contributed by atoms with van der Waals surface area (Å²) in [7, 11) is 0. The number of amides is 4. The van der Waals surface area contributed by atoms with Gasteiger partial charge in [0.05, 0.1) is 10.5 Å². The maximum Gasteiger partial charge on any atom is 0.274 e. The largest absolute Gasteiger partial charge is 0.364 e. The highest BCUT2D eigenvalue weighted by Crippen LogP contribution is 2.43. The van der Waals surface area contributed by atoms with Crippen LogP contribution >= 0.6 is 11.6 Å². The number of nitrogens with one attached hydrogen (secondary N) is 2. The molecule has 2 fully saturated rings. The summed E-state index contributed by atoms with van der Waals surface area (Å²) < 4.78 is 15.7. The Morgan fingerprint density at radius 1 is 1.07 bits per heavy atom. The Hall–Kier alpha value is -4.84. The molecule has 13 heteroatoms. The molecule has 4 N–H and O–H groups in total. The number of benzene rings is 2. The smallest absolute Gasteiger partial charge is 0.274 e. The van der Waals surface area contributed by atoms with Crippen LogP contribution in [0.2, 0.25) is 5.02 Å². The number of aromatic nitrogens is 3. The number of carbonyl (C=O) groups is 4. The van der Waals surface area contributed by atoms with E-state index < -0.39 is 23.7 Å². The quantitative estimate of drug-likeness (QED) is 0.281. The second-order valence-electron chi connectivity index (χ2n) is 10.7. The molecule has 1 saturated carbocycles. The fourth-order valence-electron chi connectivity index (χ4n) is 6.11. The van der Waals surface area contributed by atoms with Gasteiger partial charge in [0.15, 0.2) is 5.69 Å². The van der Waals surface area contributed by atoms with Crippen molar-refractivity contribution >= 4 is 51.8 Å². The van der Waals surface area contributed by atoms with Gasteiger partial charge in [-0.3, -0.25) is 28.8 Å². The number of rotatable bonds is 8. The van der Waals surface area contributed by atoms with E-state index in [4.69, 9.17) is 17.3 Å². The molecule has 0 spiro atoms. The molecule has 4 aromatic rings. The molecule has 43 heavy (non-hydrogen) atoms. The topological polar surface area (TPSA) is 152 Å². The second-order valence-corrected chi connectivity index (χ2v) is 11.1. The van der Waals surface area contributed by atoms with Crippen LogP contribution in [-0.4, -0.2) is 55.4 Å². The van der Waals surface area contributed by atoms with Crippen molar-refractivity contribution in [2.75, 3.05) is 5.32 Å². The van der Waals surface area contributed by atoms with E-state index in [2.05, 4.69) is 20.7 Å². The predicted octanol–water partition coefficient (Wildman–Crippen LogP) is 3.27. The molecule has 6 rings (SSSR count). The number of pyridine rings is 1. The molecular formula is C30H27ClFN7O4. The minimum Gasteiger partial charge on any atom is -0.364 e. The summed E-state index contributed by atoms with van der Waals surface area (Å²) in [6.07, 6.45) is 3.75. The Morgan fingerprint density at radius 2 is 1.91 bits per heavy atom. The van der Waals surface area contributed by atoms with Gasteiger partial charge in [-0.15, -0.1) is 0 Å². The molecule has 220 valence electrons. The van der Waals surface area contributed by atoms with Crippen LogP contribution in [0.4, 0.5) is 10.1 Å². The predicted molar refractivity (Wildman–Crippen MR) is 155 cm³/mol. The lowest BCUT2D eigenvalue weighted by Crippen LogP contribution is -2.53. The van der Waals surface area contributed by atoms with Crippen LogP contribution in [0.25, 0.3) is 10.9 Å². The Kier molecular flexibility index (Phi) is 7.53. The molecule has 1 saturated heterocycles. The highest BCUT2D eigenvalue weighted by atomic mass is 35.5. The molecule has 0 radical (unpaired) electrons. The van der Waals surface area contributed by atoms with Crippen LogP contribution in [0.3, 0.4) is 0 Å². The number of carbonyl (C=O) groups excluding carboxylic acids is 4. The molecule has 1 aliphatic carbocycles. The van der Waals surface area contributed by atoms with E-state index >= 15 is 0 Å². The number of hydrogen-bond donors (Lipinski definition) is 3. The number of fused-ring (bicyclic) bond motifs is 3. The Balaban J connectivity index is 1.24. The van der Waals surface area contributed by atoms with E-state index in [1.807, 2.05) is 0 Å². The molecule has 2 aromatic heterocycles. The third kappa shape index (κ3) is 5.41. The average Bonchev–Trinajstić information content (AvgIpc) is 3.72. The van der Waals surface area contributed by atoms with Crippen molar-refractivity contribution in [1.82, 2.24) is 25.0 Å². The number of likely N-dealkylation sites (tertiary alicyclic amines) is 1. The zero-order valence-electron chi connectivity index (χ0n) is 22.8. The van der Waals surface area contributed by atoms with E-state index in [-0.39, 0.29) is 58.8 Å². The van der Waals surface area contributed by atoms with E-state index in [1.165, 1.54) is 23.0 Å². The zero-order chi connectivity index (χ0) is 30.2. The van der Waals surface area contributed by atoms with Crippen LogP contribution in [0.1, 0.15) is 45.8 Å². The number of nitrogens with zero attached hydrogens (tertiary/aromatic N) is 4. The van der Waals surface area contributed by atoms with Crippen molar-refractivity contribution < 1.29 is 23.6 Å². The van der Waals surface area contributed by atoms with Crippen molar-refractivity contribution in [2.24, 2.45) is 11.7 Å². The Morgan fingerprint density at radius 3 is 2.67 bits per heavy atom. The lowest BCUT2D eigenvalue weighted by Gasteiger charge is -2.34. The van der Waals surface area contributed by atoms with E-state index in [0.29, 0.717) is 23.0 Å². The van der Waals surface area contributed by atoms with E-state index in [0.717, 1.165) is 12.8 Å². The van der Waals surface area contributed by atoms with Gasteiger partial charge >= 0.3 is 0 Å². The molecule has 2 aromatic carbocycles. The number of piperidine rings is 1. The molecule has 0 unspecified atom stereocenters. The van der Waals surface area contributed by atoms with Crippen molar-refractivity contribution in [3.63, 3.8) is 0 Å². The van der Waals surface area contributed by atoms with Crippen LogP contribution in [-0.2, 0) is 22.7 Å². The fourth-order valence-corrected chi connectivity index (χ4v) is 6.31. The van der Waals surface area contributed by atoms with Gasteiger partial charge in [0.2, 0.25) is 11.8 Å². The van der Waals surface area contributed by atoms with Crippen molar-refractivity contribution in [3.05, 3.63) is 88.6 Å². The SMILES string of the molecule is NC(=O)c1nn(CC(=O)N2[C@@H]3CC[C@@H](C3)[C@H]2C(=O)NCc2cccc(Cl)c2F)c2cc(NC(=O)c3ccccn3)ccc12. The molecule has 3 heterocycles. The maximum atomic E-state index is 14.4. The molecule has 11 nitrogen and oxygen atoms in total. The van der Waals surface area contributed by atoms with Crippen LogP contribution in [0, 0.1) is 11.7 Å². The number of anilines is 1. The minimum absolute atomic E-state index is 0.0220. The first-order chi connectivity index (χ1) is 20.7. The van der Waals surface area contributed by atoms with Gasteiger partial charge in [-0.2, -0.15) is 5.10 Å². The summed E-state index contributed by atoms with van der Waals surface area (Å²) in [5, 5.41) is 10.2. The molecule has 2 aliphatic rings. The highest BCUT2D eigenvalue weighted by Gasteiger charge is 2.51. The van der Waals surface area contributed by atoms with Crippen molar-refractivity contribution in [3.8, 4) is 0 Å². The number of primary amides is 1. The first-order valence-electron chi connectivity index (χ1n) is 13.8. The highest BCUT2D eigenvalue weighted by molar-refractivity contribution is 6.30. The maximum absolute atomic E-state index is 14.4. The summed E-state index contributed by atoms with van der Waals surface area (Å²) in [5.41, 5.74) is 6.83. The van der Waals surface area contributed by atoms with Crippen LogP contribution in [0.5, 0.6) is 0 Å². The van der Waals surface area contributed by atoms with Gasteiger partial charge in [-0.1, -0.05) is 29.8 Å². The van der Waals surface area contributed by atoms with Crippen LogP contribution < -0.4 is 16.4 Å². The summed E-state index contributed by atoms with van der Waals surface area (Å²) >= 11 is 5.87. The van der Waals surface area contributed by atoms with Gasteiger partial charge in [0.25, 0.3) is 11.8 Å². The van der Waals surface area contributed by atoms with Gasteiger partial charge in [0.1, 0.15) is 24.1 Å². The van der Waals surface area contributed by atoms with E-state index in [1.54, 1.807) is 47.4 Å². The standard InChI is InChI=1S/C30H27ClFN7O4/c31-21-5-3-4-17(25(21)32)14-35-30(43)27-16-7-9-19(12-16)39(27)24(40)15-38-23-13-18(8-10-20(23)26(37-38)28(33)41)36-29(42)22-6-1-2-11-34-22/h1-6,8,10-11,13,16,19,27H,7,9,12,14-15H2,(H2,33,41)(H,35,43)(H,36,42)/t16-,19+,27-/m0/s1. The second kappa shape index (κ2) is 11.4. The van der Waals surface area contributed by atoms with Gasteiger partial charge < -0.3 is 21.3 Å². The van der Waals surface area contributed by atoms with Gasteiger partial charge in [-0.25, -0.2) is 4.39 Å². The number of nitrogens with two attached hydrogens (primary N) is 1.